The highest BCUT2D eigenvalue weighted by atomic mass is 35.5. The lowest BCUT2D eigenvalue weighted by atomic mass is 10.1. The van der Waals surface area contributed by atoms with E-state index in [2.05, 4.69) is 22.0 Å². The van der Waals surface area contributed by atoms with Crippen LogP contribution in [0.15, 0.2) is 54.7 Å². The van der Waals surface area contributed by atoms with Crippen LogP contribution in [0.5, 0.6) is 0 Å². The van der Waals surface area contributed by atoms with Crippen molar-refractivity contribution in [1.29, 1.82) is 0 Å². The van der Waals surface area contributed by atoms with Crippen LogP contribution in [-0.4, -0.2) is 42.0 Å². The average Bonchev–Trinajstić information content (AvgIpc) is 3.10. The number of fused-ring (bicyclic) bond motifs is 1. The Morgan fingerprint density at radius 2 is 1.73 bits per heavy atom. The van der Waals surface area contributed by atoms with Crippen molar-refractivity contribution in [3.63, 3.8) is 0 Å². The largest absolute Gasteiger partial charge is 0.367 e. The first-order valence-corrected chi connectivity index (χ1v) is 9.42. The number of halogens is 1. The monoisotopic (exact) mass is 367 g/mol. The molecule has 0 spiro atoms. The maximum Gasteiger partial charge on any atom is 0.223 e. The molecule has 2 heterocycles. The number of amides is 1. The highest BCUT2D eigenvalue weighted by molar-refractivity contribution is 6.33. The Labute approximate surface area is 158 Å². The van der Waals surface area contributed by atoms with E-state index < -0.39 is 0 Å². The van der Waals surface area contributed by atoms with Crippen LogP contribution in [0.4, 0.5) is 5.69 Å². The normalized spacial score (nSPS) is 14.8. The number of aryl methyl sites for hydroxylation is 1. The predicted octanol–water partition coefficient (Wildman–Crippen LogP) is 4.10. The van der Waals surface area contributed by atoms with E-state index in [0.29, 0.717) is 6.42 Å². The molecule has 1 N–H and O–H groups in total. The first-order valence-electron chi connectivity index (χ1n) is 9.04. The molecule has 1 saturated heterocycles. The average molecular weight is 368 g/mol. The second-order valence-electron chi connectivity index (χ2n) is 6.68. The fraction of sp³-hybridized carbons (Fsp3) is 0.286. The number of nitrogens with zero attached hydrogens (tertiary/aromatic N) is 2. The Balaban J connectivity index is 1.33. The summed E-state index contributed by atoms with van der Waals surface area (Å²) < 4.78 is 0. The van der Waals surface area contributed by atoms with E-state index in [4.69, 9.17) is 11.6 Å². The molecular weight excluding hydrogens is 346 g/mol. The van der Waals surface area contributed by atoms with Crippen LogP contribution in [0, 0.1) is 0 Å². The fourth-order valence-corrected chi connectivity index (χ4v) is 3.90. The Morgan fingerprint density at radius 3 is 2.54 bits per heavy atom. The van der Waals surface area contributed by atoms with E-state index in [9.17, 15) is 4.79 Å². The van der Waals surface area contributed by atoms with Crippen molar-refractivity contribution in [1.82, 2.24) is 9.88 Å². The number of aromatic amines is 1. The summed E-state index contributed by atoms with van der Waals surface area (Å²) >= 11 is 6.29. The number of piperazine rings is 1. The van der Waals surface area contributed by atoms with Gasteiger partial charge in [-0.2, -0.15) is 0 Å². The molecule has 4 nitrogen and oxygen atoms in total. The van der Waals surface area contributed by atoms with Crippen molar-refractivity contribution in [2.75, 3.05) is 31.1 Å². The maximum absolute atomic E-state index is 12.6. The Bertz CT molecular complexity index is 912. The zero-order valence-electron chi connectivity index (χ0n) is 14.6. The van der Waals surface area contributed by atoms with Crippen LogP contribution in [0.25, 0.3) is 10.9 Å². The topological polar surface area (TPSA) is 39.3 Å². The molecule has 3 aromatic rings. The number of anilines is 1. The number of para-hydroxylation sites is 2. The molecule has 0 aliphatic carbocycles. The minimum atomic E-state index is 0.231. The Hall–Kier alpha value is -2.46. The third kappa shape index (κ3) is 3.42. The van der Waals surface area contributed by atoms with Crippen molar-refractivity contribution in [2.24, 2.45) is 0 Å². The zero-order valence-corrected chi connectivity index (χ0v) is 15.4. The fourth-order valence-electron chi connectivity index (χ4n) is 3.64. The molecule has 1 fully saturated rings. The quantitative estimate of drug-likeness (QED) is 0.754. The van der Waals surface area contributed by atoms with Gasteiger partial charge in [0.1, 0.15) is 0 Å². The molecule has 0 bridgehead atoms. The van der Waals surface area contributed by atoms with Crippen LogP contribution < -0.4 is 4.90 Å². The zero-order chi connectivity index (χ0) is 17.9. The summed E-state index contributed by atoms with van der Waals surface area (Å²) in [5, 5.41) is 1.98. The lowest BCUT2D eigenvalue weighted by molar-refractivity contribution is -0.131. The van der Waals surface area contributed by atoms with Gasteiger partial charge in [0.25, 0.3) is 0 Å². The molecule has 0 atom stereocenters. The highest BCUT2D eigenvalue weighted by Gasteiger charge is 2.22. The number of H-pyrrole nitrogens is 1. The van der Waals surface area contributed by atoms with Gasteiger partial charge in [0.2, 0.25) is 5.91 Å². The molecule has 1 aromatic heterocycles. The van der Waals surface area contributed by atoms with Gasteiger partial charge in [-0.15, -0.1) is 0 Å². The molecule has 0 unspecified atom stereocenters. The van der Waals surface area contributed by atoms with Gasteiger partial charge in [-0.25, -0.2) is 0 Å². The molecule has 2 aromatic carbocycles. The van der Waals surface area contributed by atoms with Gasteiger partial charge >= 0.3 is 0 Å². The number of nitrogens with one attached hydrogen (secondary N) is 1. The SMILES string of the molecule is O=C(CCc1c[nH]c2ccccc12)N1CCN(c2ccccc2Cl)CC1. The van der Waals surface area contributed by atoms with Crippen LogP contribution in [0.2, 0.25) is 5.02 Å². The van der Waals surface area contributed by atoms with Crippen molar-refractivity contribution < 1.29 is 4.79 Å². The van der Waals surface area contributed by atoms with E-state index in [-0.39, 0.29) is 5.91 Å². The molecule has 134 valence electrons. The number of hydrogen-bond acceptors (Lipinski definition) is 2. The van der Waals surface area contributed by atoms with E-state index >= 15 is 0 Å². The summed E-state index contributed by atoms with van der Waals surface area (Å²) in [5.41, 5.74) is 3.40. The number of carbonyl (C=O) groups excluding carboxylic acids is 1. The summed E-state index contributed by atoms with van der Waals surface area (Å²) in [7, 11) is 0. The minimum Gasteiger partial charge on any atom is -0.367 e. The number of hydrogen-bond donors (Lipinski definition) is 1. The number of benzene rings is 2. The number of aromatic nitrogens is 1. The van der Waals surface area contributed by atoms with Gasteiger partial charge in [0, 0.05) is 49.7 Å². The number of rotatable bonds is 4. The van der Waals surface area contributed by atoms with Crippen LogP contribution >= 0.6 is 11.6 Å². The summed E-state index contributed by atoms with van der Waals surface area (Å²) in [5.74, 6) is 0.231. The molecule has 0 saturated carbocycles. The molecule has 5 heteroatoms. The molecule has 1 amide bonds. The van der Waals surface area contributed by atoms with E-state index in [1.54, 1.807) is 0 Å². The third-order valence-corrected chi connectivity index (χ3v) is 5.43. The van der Waals surface area contributed by atoms with Crippen LogP contribution in [0.3, 0.4) is 0 Å². The molecule has 0 radical (unpaired) electrons. The standard InChI is InChI=1S/C21H22ClN3O/c22-18-6-2-4-8-20(18)24-11-13-25(14-12-24)21(26)10-9-16-15-23-19-7-3-1-5-17(16)19/h1-8,15,23H,9-14H2. The lowest BCUT2D eigenvalue weighted by Gasteiger charge is -2.36. The molecule has 4 rings (SSSR count). The van der Waals surface area contributed by atoms with Gasteiger partial charge in [0.05, 0.1) is 10.7 Å². The van der Waals surface area contributed by atoms with Gasteiger partial charge in [0.15, 0.2) is 0 Å². The second kappa shape index (κ2) is 7.42. The van der Waals surface area contributed by atoms with Crippen molar-refractivity contribution in [3.8, 4) is 0 Å². The van der Waals surface area contributed by atoms with Crippen LogP contribution in [-0.2, 0) is 11.2 Å². The van der Waals surface area contributed by atoms with Crippen molar-refractivity contribution >= 4 is 34.1 Å². The first kappa shape index (κ1) is 17.0. The van der Waals surface area contributed by atoms with E-state index in [1.165, 1.54) is 10.9 Å². The smallest absolute Gasteiger partial charge is 0.223 e. The van der Waals surface area contributed by atoms with Gasteiger partial charge in [-0.1, -0.05) is 41.9 Å². The first-order chi connectivity index (χ1) is 12.7. The Morgan fingerprint density at radius 1 is 1.00 bits per heavy atom. The van der Waals surface area contributed by atoms with Crippen molar-refractivity contribution in [2.45, 2.75) is 12.8 Å². The van der Waals surface area contributed by atoms with Gasteiger partial charge in [-0.3, -0.25) is 4.79 Å². The summed E-state index contributed by atoms with van der Waals surface area (Å²) in [6.07, 6.45) is 3.34. The van der Waals surface area contributed by atoms with Crippen LogP contribution in [0.1, 0.15) is 12.0 Å². The maximum atomic E-state index is 12.6. The molecule has 1 aliphatic heterocycles. The van der Waals surface area contributed by atoms with Crippen molar-refractivity contribution in [3.05, 3.63) is 65.3 Å². The number of carbonyl (C=O) groups is 1. The molecule has 26 heavy (non-hydrogen) atoms. The third-order valence-electron chi connectivity index (χ3n) is 5.11. The summed E-state index contributed by atoms with van der Waals surface area (Å²) in [6, 6.07) is 16.1. The molecular formula is C21H22ClN3O. The van der Waals surface area contributed by atoms with Gasteiger partial charge < -0.3 is 14.8 Å². The van der Waals surface area contributed by atoms with E-state index in [1.807, 2.05) is 47.5 Å². The second-order valence-corrected chi connectivity index (χ2v) is 7.09. The Kier molecular flexibility index (Phi) is 4.85. The molecule has 1 aliphatic rings. The minimum absolute atomic E-state index is 0.231. The lowest BCUT2D eigenvalue weighted by Crippen LogP contribution is -2.48. The highest BCUT2D eigenvalue weighted by Crippen LogP contribution is 2.26. The predicted molar refractivity (Wildman–Crippen MR) is 107 cm³/mol. The van der Waals surface area contributed by atoms with E-state index in [0.717, 1.165) is 48.8 Å². The van der Waals surface area contributed by atoms with Gasteiger partial charge in [-0.05, 0) is 30.2 Å². The summed E-state index contributed by atoms with van der Waals surface area (Å²) in [6.45, 7) is 3.14. The summed E-state index contributed by atoms with van der Waals surface area (Å²) in [4.78, 5) is 20.1.